The highest BCUT2D eigenvalue weighted by atomic mass is 32.1. The molecule has 3 aromatic rings. The average Bonchev–Trinajstić information content (AvgIpc) is 2.97. The van der Waals surface area contributed by atoms with Crippen LogP contribution in [-0.2, 0) is 6.54 Å². The minimum atomic E-state index is 0.817. The predicted octanol–water partition coefficient (Wildman–Crippen LogP) is 2.31. The van der Waals surface area contributed by atoms with Gasteiger partial charge in [-0.15, -0.1) is 11.3 Å². The molecular formula is C12H13N5S. The van der Waals surface area contributed by atoms with Crippen LogP contribution in [0.1, 0.15) is 4.88 Å². The van der Waals surface area contributed by atoms with Crippen molar-refractivity contribution >= 4 is 27.4 Å². The molecule has 0 saturated carbocycles. The second-order valence-electron chi connectivity index (χ2n) is 4.03. The molecule has 0 amide bonds. The minimum absolute atomic E-state index is 0.817. The average molecular weight is 259 g/mol. The fourth-order valence-electron chi connectivity index (χ4n) is 1.84. The summed E-state index contributed by atoms with van der Waals surface area (Å²) in [7, 11) is 0. The number of anilines is 1. The van der Waals surface area contributed by atoms with E-state index in [9.17, 15) is 0 Å². The molecule has 0 aromatic carbocycles. The van der Waals surface area contributed by atoms with Gasteiger partial charge in [-0.25, -0.2) is 15.0 Å². The van der Waals surface area contributed by atoms with Crippen LogP contribution >= 0.6 is 11.3 Å². The zero-order valence-electron chi connectivity index (χ0n) is 10.00. The Morgan fingerprint density at radius 1 is 1.39 bits per heavy atom. The van der Waals surface area contributed by atoms with E-state index in [1.165, 1.54) is 4.88 Å². The van der Waals surface area contributed by atoms with Gasteiger partial charge in [-0.3, -0.25) is 0 Å². The summed E-state index contributed by atoms with van der Waals surface area (Å²) < 4.78 is 2.03. The quantitative estimate of drug-likeness (QED) is 0.781. The summed E-state index contributed by atoms with van der Waals surface area (Å²) in [6, 6.07) is 2.12. The molecule has 0 bridgehead atoms. The monoisotopic (exact) mass is 259 g/mol. The molecule has 3 heterocycles. The molecule has 0 saturated heterocycles. The van der Waals surface area contributed by atoms with E-state index in [0.717, 1.165) is 29.1 Å². The highest BCUT2D eigenvalue weighted by Gasteiger charge is 2.05. The number of thiophene rings is 1. The van der Waals surface area contributed by atoms with E-state index in [4.69, 9.17) is 0 Å². The Morgan fingerprint density at radius 2 is 2.33 bits per heavy atom. The predicted molar refractivity (Wildman–Crippen MR) is 72.9 cm³/mol. The Kier molecular flexibility index (Phi) is 2.93. The van der Waals surface area contributed by atoms with Gasteiger partial charge in [0.1, 0.15) is 17.0 Å². The maximum Gasteiger partial charge on any atom is 0.138 e. The SMILES string of the molecule is Cc1cc2c(NCCn3ccnc3)ncnc2s1. The van der Waals surface area contributed by atoms with Crippen LogP contribution in [0.2, 0.25) is 0 Å². The summed E-state index contributed by atoms with van der Waals surface area (Å²) in [6.45, 7) is 3.77. The van der Waals surface area contributed by atoms with Gasteiger partial charge in [0.05, 0.1) is 11.7 Å². The first kappa shape index (κ1) is 11.2. The van der Waals surface area contributed by atoms with Crippen LogP contribution in [0.4, 0.5) is 5.82 Å². The van der Waals surface area contributed by atoms with Crippen molar-refractivity contribution in [3.05, 3.63) is 36.0 Å². The topological polar surface area (TPSA) is 55.6 Å². The zero-order chi connectivity index (χ0) is 12.4. The lowest BCUT2D eigenvalue weighted by Crippen LogP contribution is -2.10. The van der Waals surface area contributed by atoms with Crippen LogP contribution in [0.3, 0.4) is 0 Å². The van der Waals surface area contributed by atoms with Crippen molar-refractivity contribution in [2.24, 2.45) is 0 Å². The van der Waals surface area contributed by atoms with Gasteiger partial charge < -0.3 is 9.88 Å². The normalized spacial score (nSPS) is 10.9. The summed E-state index contributed by atoms with van der Waals surface area (Å²) >= 11 is 1.69. The largest absolute Gasteiger partial charge is 0.368 e. The molecule has 0 radical (unpaired) electrons. The highest BCUT2D eigenvalue weighted by molar-refractivity contribution is 7.18. The van der Waals surface area contributed by atoms with Gasteiger partial charge >= 0.3 is 0 Å². The molecule has 0 spiro atoms. The maximum atomic E-state index is 4.30. The third kappa shape index (κ3) is 2.19. The van der Waals surface area contributed by atoms with E-state index in [1.54, 1.807) is 23.9 Å². The smallest absolute Gasteiger partial charge is 0.138 e. The number of nitrogens with zero attached hydrogens (tertiary/aromatic N) is 4. The van der Waals surface area contributed by atoms with E-state index < -0.39 is 0 Å². The van der Waals surface area contributed by atoms with Crippen molar-refractivity contribution in [2.75, 3.05) is 11.9 Å². The molecule has 3 rings (SSSR count). The number of imidazole rings is 1. The molecule has 5 nitrogen and oxygen atoms in total. The van der Waals surface area contributed by atoms with Crippen LogP contribution in [0.25, 0.3) is 10.2 Å². The molecule has 0 aliphatic rings. The van der Waals surface area contributed by atoms with Gasteiger partial charge in [0, 0.05) is 30.4 Å². The molecule has 18 heavy (non-hydrogen) atoms. The Hall–Kier alpha value is -1.95. The molecule has 0 aliphatic carbocycles. The number of hydrogen-bond acceptors (Lipinski definition) is 5. The number of nitrogens with one attached hydrogen (secondary N) is 1. The van der Waals surface area contributed by atoms with Gasteiger partial charge in [0.2, 0.25) is 0 Å². The van der Waals surface area contributed by atoms with Crippen LogP contribution in [0.15, 0.2) is 31.1 Å². The van der Waals surface area contributed by atoms with Gasteiger partial charge in [0.25, 0.3) is 0 Å². The van der Waals surface area contributed by atoms with Gasteiger partial charge in [0.15, 0.2) is 0 Å². The molecule has 0 unspecified atom stereocenters. The first-order valence-electron chi connectivity index (χ1n) is 5.74. The first-order valence-corrected chi connectivity index (χ1v) is 6.55. The Balaban J connectivity index is 1.74. The van der Waals surface area contributed by atoms with E-state index in [0.29, 0.717) is 0 Å². The van der Waals surface area contributed by atoms with Crippen LogP contribution in [-0.4, -0.2) is 26.1 Å². The molecule has 1 N–H and O–H groups in total. The molecular weight excluding hydrogens is 246 g/mol. The summed E-state index contributed by atoms with van der Waals surface area (Å²) in [6.07, 6.45) is 7.15. The van der Waals surface area contributed by atoms with Crippen molar-refractivity contribution < 1.29 is 0 Å². The fraction of sp³-hybridized carbons (Fsp3) is 0.250. The first-order chi connectivity index (χ1) is 8.83. The summed E-state index contributed by atoms with van der Waals surface area (Å²) in [5.74, 6) is 0.907. The fourth-order valence-corrected chi connectivity index (χ4v) is 2.69. The lowest BCUT2D eigenvalue weighted by Gasteiger charge is -2.06. The van der Waals surface area contributed by atoms with E-state index in [2.05, 4.69) is 33.3 Å². The van der Waals surface area contributed by atoms with Crippen LogP contribution in [0.5, 0.6) is 0 Å². The summed E-state index contributed by atoms with van der Waals surface area (Å²) in [5.41, 5.74) is 0. The molecule has 0 atom stereocenters. The van der Waals surface area contributed by atoms with Crippen molar-refractivity contribution in [2.45, 2.75) is 13.5 Å². The van der Waals surface area contributed by atoms with Gasteiger partial charge in [-0.1, -0.05) is 0 Å². The van der Waals surface area contributed by atoms with Gasteiger partial charge in [-0.05, 0) is 13.0 Å². The number of fused-ring (bicyclic) bond motifs is 1. The second-order valence-corrected chi connectivity index (χ2v) is 5.26. The van der Waals surface area contributed by atoms with Crippen molar-refractivity contribution in [3.63, 3.8) is 0 Å². The van der Waals surface area contributed by atoms with Crippen molar-refractivity contribution in [3.8, 4) is 0 Å². The second kappa shape index (κ2) is 4.73. The Morgan fingerprint density at radius 3 is 3.17 bits per heavy atom. The molecule has 0 aliphatic heterocycles. The van der Waals surface area contributed by atoms with Crippen LogP contribution in [0, 0.1) is 6.92 Å². The number of aromatic nitrogens is 4. The minimum Gasteiger partial charge on any atom is -0.368 e. The van der Waals surface area contributed by atoms with Crippen LogP contribution < -0.4 is 5.32 Å². The molecule has 0 fully saturated rings. The van der Waals surface area contributed by atoms with E-state index >= 15 is 0 Å². The molecule has 6 heteroatoms. The molecule has 3 aromatic heterocycles. The van der Waals surface area contributed by atoms with Crippen molar-refractivity contribution in [1.29, 1.82) is 0 Å². The Bertz CT molecular complexity index is 644. The van der Waals surface area contributed by atoms with Gasteiger partial charge in [-0.2, -0.15) is 0 Å². The lowest BCUT2D eigenvalue weighted by atomic mass is 10.3. The number of aryl methyl sites for hydroxylation is 1. The third-order valence-corrected chi connectivity index (χ3v) is 3.63. The van der Waals surface area contributed by atoms with Crippen molar-refractivity contribution in [1.82, 2.24) is 19.5 Å². The highest BCUT2D eigenvalue weighted by Crippen LogP contribution is 2.27. The molecule has 92 valence electrons. The third-order valence-electron chi connectivity index (χ3n) is 2.67. The maximum absolute atomic E-state index is 4.30. The zero-order valence-corrected chi connectivity index (χ0v) is 10.8. The summed E-state index contributed by atoms with van der Waals surface area (Å²) in [5, 5.41) is 4.45. The van der Waals surface area contributed by atoms with E-state index in [1.807, 2.05) is 17.1 Å². The number of hydrogen-bond donors (Lipinski definition) is 1. The summed E-state index contributed by atoms with van der Waals surface area (Å²) in [4.78, 5) is 14.9. The lowest BCUT2D eigenvalue weighted by molar-refractivity contribution is 0.725. The Labute approximate surface area is 109 Å². The van der Waals surface area contributed by atoms with E-state index in [-0.39, 0.29) is 0 Å². The number of rotatable bonds is 4. The standard InChI is InChI=1S/C12H13N5S/c1-9-6-10-11(15-7-16-12(10)18-9)14-3-5-17-4-2-13-8-17/h2,4,6-8H,3,5H2,1H3,(H,14,15,16).